The van der Waals surface area contributed by atoms with Crippen LogP contribution in [0.4, 0.5) is 33.3 Å². The first-order chi connectivity index (χ1) is 63.1. The Bertz CT molecular complexity index is 6850. The maximum atomic E-state index is 13.8. The number of nitrogens with zero attached hydrogens (tertiary/aromatic N) is 17. The Morgan fingerprint density at radius 1 is 0.372 bits per heavy atom. The molecular formula is C102H103ClFN25. The van der Waals surface area contributed by atoms with Crippen LogP contribution in [0.25, 0.3) is 116 Å². The van der Waals surface area contributed by atoms with Crippen LogP contribution in [0.3, 0.4) is 0 Å². The third-order valence-electron chi connectivity index (χ3n) is 24.3. The molecule has 16 heterocycles. The first-order valence-corrected chi connectivity index (χ1v) is 44.6. The highest BCUT2D eigenvalue weighted by atomic mass is 35.5. The molecule has 129 heavy (non-hydrogen) atoms. The highest BCUT2D eigenvalue weighted by molar-refractivity contribution is 6.30. The summed E-state index contributed by atoms with van der Waals surface area (Å²) in [5, 5.41) is 19.6. The van der Waals surface area contributed by atoms with Crippen LogP contribution in [0.2, 0.25) is 5.02 Å². The van der Waals surface area contributed by atoms with Gasteiger partial charge in [0.25, 0.3) is 0 Å². The fourth-order valence-electron chi connectivity index (χ4n) is 16.4. The smallest absolute Gasteiger partial charge is 0.205 e. The van der Waals surface area contributed by atoms with Crippen LogP contribution in [-0.4, -0.2) is 124 Å². The number of fused-ring (bicyclic) bond motifs is 8. The van der Waals surface area contributed by atoms with E-state index in [1.807, 2.05) is 86.1 Å². The van der Waals surface area contributed by atoms with E-state index in [1.165, 1.54) is 73.0 Å². The zero-order valence-electron chi connectivity index (χ0n) is 73.7. The first kappa shape index (κ1) is 86.2. The molecule has 4 aromatic carbocycles. The van der Waals surface area contributed by atoms with Gasteiger partial charge in [0.2, 0.25) is 5.69 Å². The maximum Gasteiger partial charge on any atom is 0.205 e. The van der Waals surface area contributed by atoms with Gasteiger partial charge >= 0.3 is 0 Å². The summed E-state index contributed by atoms with van der Waals surface area (Å²) in [7, 11) is 0. The number of rotatable bonds is 28. The predicted molar refractivity (Wildman–Crippen MR) is 518 cm³/mol. The molecule has 0 saturated carbocycles. The molecule has 0 aliphatic heterocycles. The quantitative estimate of drug-likeness (QED) is 0.0212. The Morgan fingerprint density at radius 2 is 0.667 bits per heavy atom. The highest BCUT2D eigenvalue weighted by Gasteiger charge is 2.23. The number of benzene rings is 4. The second-order valence-corrected chi connectivity index (χ2v) is 33.3. The van der Waals surface area contributed by atoms with Crippen LogP contribution in [0, 0.1) is 19.3 Å². The topological polar surface area (TPSA) is 288 Å². The molecule has 650 valence electrons. The maximum absolute atomic E-state index is 13.8. The molecule has 0 aliphatic carbocycles. The summed E-state index contributed by atoms with van der Waals surface area (Å²) in [5.74, 6) is 4.09. The van der Waals surface area contributed by atoms with Crippen LogP contribution in [-0.2, 0) is 25.7 Å². The Morgan fingerprint density at radius 3 is 0.977 bits per heavy atom. The molecule has 4 atom stereocenters. The van der Waals surface area contributed by atoms with Crippen LogP contribution < -0.4 is 21.3 Å². The number of hydrogen-bond donors (Lipinski definition) is 8. The van der Waals surface area contributed by atoms with Gasteiger partial charge in [-0.25, -0.2) is 49.1 Å². The second kappa shape index (κ2) is 39.3. The van der Waals surface area contributed by atoms with Crippen molar-refractivity contribution in [1.29, 1.82) is 0 Å². The Hall–Kier alpha value is -15.0. The van der Waals surface area contributed by atoms with E-state index < -0.39 is 0 Å². The zero-order valence-corrected chi connectivity index (χ0v) is 74.5. The number of para-hydroxylation sites is 4. The molecular weight excluding hydrogens is 1630 g/mol. The lowest BCUT2D eigenvalue weighted by molar-refractivity contribution is 0.622. The van der Waals surface area contributed by atoms with E-state index in [1.54, 1.807) is 31.0 Å². The number of aromatic nitrogens is 20. The SMILES string of the molecule is CCC(C)c1cnc2c(NCCc3c[nH]c4ccccc34)nc(-c3cncc(C)c3)cn12.CCC(C)c1cnc2c(NCCc3c[nH]c4ccccc34)nc(-c3cncc(Cl)c3)cn12.CCC(C)c1cnc2c(NCCc3c[nH]c4ccccc34)nc(-c3cncc(F)c3)cn12.[C-]#[N+]c1cncc(-c2cn3c(C(C)CC)cnc3c(NCCc3c[nH]c4ccccc34)n2)c1. The average Bonchev–Trinajstić information content (AvgIpc) is 1.65. The number of imidazole rings is 4. The molecule has 0 bridgehead atoms. The predicted octanol–water partition coefficient (Wildman–Crippen LogP) is 23.4. The molecule has 20 aromatic rings. The number of hydrogen-bond acceptors (Lipinski definition) is 16. The minimum Gasteiger partial charge on any atom is -0.367 e. The summed E-state index contributed by atoms with van der Waals surface area (Å²) >= 11 is 6.20. The van der Waals surface area contributed by atoms with Gasteiger partial charge in [-0.1, -0.05) is 140 Å². The number of pyridine rings is 4. The first-order valence-electron chi connectivity index (χ1n) is 44.2. The number of H-pyrrole nitrogens is 4. The highest BCUT2D eigenvalue weighted by Crippen LogP contribution is 2.35. The molecule has 0 spiro atoms. The summed E-state index contributed by atoms with van der Waals surface area (Å²) in [6, 6.07) is 40.7. The van der Waals surface area contributed by atoms with Gasteiger partial charge in [0.05, 0.1) is 40.6 Å². The molecule has 27 heteroatoms. The number of nitrogens with one attached hydrogen (secondary N) is 8. The van der Waals surface area contributed by atoms with Crippen LogP contribution >= 0.6 is 11.6 Å². The third-order valence-corrected chi connectivity index (χ3v) is 24.5. The van der Waals surface area contributed by atoms with Crippen molar-refractivity contribution < 1.29 is 4.39 Å². The molecule has 16 aromatic heterocycles. The second-order valence-electron chi connectivity index (χ2n) is 32.9. The lowest BCUT2D eigenvalue weighted by atomic mass is 10.1. The minimum absolute atomic E-state index is 0.338. The normalized spacial score (nSPS) is 12.4. The van der Waals surface area contributed by atoms with E-state index in [4.69, 9.17) is 48.1 Å². The van der Waals surface area contributed by atoms with Crippen LogP contribution in [0.15, 0.2) is 245 Å². The van der Waals surface area contributed by atoms with Crippen molar-refractivity contribution in [2.75, 3.05) is 47.4 Å². The van der Waals surface area contributed by atoms with E-state index in [0.717, 1.165) is 178 Å². The van der Waals surface area contributed by atoms with Crippen molar-refractivity contribution >= 4 is 107 Å². The summed E-state index contributed by atoms with van der Waals surface area (Å²) < 4.78 is 22.3. The Balaban J connectivity index is 0.000000121. The molecule has 8 N–H and O–H groups in total. The molecule has 20 rings (SSSR count). The number of aryl methyl sites for hydroxylation is 1. The summed E-state index contributed by atoms with van der Waals surface area (Å²) in [5.41, 5.74) is 25.7. The Labute approximate surface area is 752 Å². The van der Waals surface area contributed by atoms with E-state index in [-0.39, 0.29) is 5.82 Å². The molecule has 4 unspecified atom stereocenters. The van der Waals surface area contributed by atoms with Gasteiger partial charge in [0.1, 0.15) is 5.82 Å². The van der Waals surface area contributed by atoms with Gasteiger partial charge in [-0.3, -0.25) is 37.5 Å². The van der Waals surface area contributed by atoms with Gasteiger partial charge in [-0.2, -0.15) is 0 Å². The van der Waals surface area contributed by atoms with E-state index in [2.05, 4.69) is 272 Å². The molecule has 0 aliphatic rings. The van der Waals surface area contributed by atoms with Crippen LogP contribution in [0.5, 0.6) is 0 Å². The molecule has 0 fully saturated rings. The zero-order chi connectivity index (χ0) is 89.0. The summed E-state index contributed by atoms with van der Waals surface area (Å²) in [6.45, 7) is 29.9. The monoisotopic (exact) mass is 1730 g/mol. The summed E-state index contributed by atoms with van der Waals surface area (Å²) in [4.78, 5) is 72.0. The number of anilines is 4. The van der Waals surface area contributed by atoms with Gasteiger partial charge < -0.3 is 41.2 Å². The molecule has 0 saturated heterocycles. The van der Waals surface area contributed by atoms with Crippen molar-refractivity contribution in [3.05, 3.63) is 318 Å². The minimum atomic E-state index is -0.383. The number of aromatic amines is 4. The molecule has 25 nitrogen and oxygen atoms in total. The van der Waals surface area contributed by atoms with Crippen molar-refractivity contribution in [1.82, 2.24) is 97.3 Å². The van der Waals surface area contributed by atoms with Gasteiger partial charge in [-0.05, 0) is 158 Å². The molecule has 0 radical (unpaired) electrons. The average molecular weight is 1730 g/mol. The van der Waals surface area contributed by atoms with E-state index >= 15 is 0 Å². The van der Waals surface area contributed by atoms with E-state index in [9.17, 15) is 4.39 Å². The lowest BCUT2D eigenvalue weighted by Gasteiger charge is -2.13. The van der Waals surface area contributed by atoms with Crippen molar-refractivity contribution in [3.8, 4) is 45.0 Å². The Kier molecular flexibility index (Phi) is 26.2. The van der Waals surface area contributed by atoms with Crippen LogP contribution in [0.1, 0.15) is 155 Å². The largest absolute Gasteiger partial charge is 0.367 e. The van der Waals surface area contributed by atoms with Gasteiger partial charge in [-0.15, -0.1) is 0 Å². The fraction of sp³-hybridized carbons (Fsp3) is 0.245. The molecule has 0 amide bonds. The van der Waals surface area contributed by atoms with Gasteiger partial charge in [0, 0.05) is 233 Å². The lowest BCUT2D eigenvalue weighted by Crippen LogP contribution is -2.09. The van der Waals surface area contributed by atoms with Crippen molar-refractivity contribution in [2.24, 2.45) is 0 Å². The summed E-state index contributed by atoms with van der Waals surface area (Å²) in [6.07, 6.45) is 45.0. The fourth-order valence-corrected chi connectivity index (χ4v) is 16.6. The third kappa shape index (κ3) is 19.0. The standard InChI is InChI=1S/C26H25N7.C26H28N6.C25H25ClN6.C25H25FN6/c1-4-17(2)24-15-31-26-25(29-10-9-18-13-30-22-8-6-5-7-21(18)22)32-23(16-33(24)26)19-11-20(27-3)14-28-12-19;1-4-18(3)24-15-30-26-25(28-10-9-19-14-29-22-8-6-5-7-21(19)22)31-23(16-32(24)26)20-11-17(2)12-27-13-20;2*1-3-16(2)23-14-30-25-24(28-9-8-17-12-29-21-7-5-4-6-20(17)21)31-22(15-32(23)25)18-10-19(26)13-27-11-18/h5-8,11-17,30H,4,9-10H2,1-2H3,(H,29,32);5-8,11-16,18,29H,4,9-10H2,1-3H3,(H,28,31);2*4-7,10-16,29H,3,8-9H2,1-2H3,(H,28,31). The van der Waals surface area contributed by atoms with Crippen molar-refractivity contribution in [2.45, 2.75) is 137 Å². The van der Waals surface area contributed by atoms with Gasteiger partial charge in [0.15, 0.2) is 45.9 Å². The van der Waals surface area contributed by atoms with E-state index in [0.29, 0.717) is 58.0 Å². The number of halogens is 2. The van der Waals surface area contributed by atoms with Crippen molar-refractivity contribution in [3.63, 3.8) is 0 Å².